The maximum Gasteiger partial charge on any atom is 0.254 e. The van der Waals surface area contributed by atoms with Crippen LogP contribution in [0.1, 0.15) is 47.2 Å². The maximum absolute atomic E-state index is 13.1. The number of nitrogens with one attached hydrogen (secondary N) is 1. The van der Waals surface area contributed by atoms with Gasteiger partial charge in [0.2, 0.25) is 0 Å². The lowest BCUT2D eigenvalue weighted by Gasteiger charge is -2.33. The molecule has 0 spiro atoms. The van der Waals surface area contributed by atoms with E-state index in [4.69, 9.17) is 0 Å². The monoisotopic (exact) mass is 398 g/mol. The molecule has 0 bridgehead atoms. The molecule has 28 heavy (non-hydrogen) atoms. The lowest BCUT2D eigenvalue weighted by atomic mass is 9.97. The fourth-order valence-electron chi connectivity index (χ4n) is 3.98. The summed E-state index contributed by atoms with van der Waals surface area (Å²) in [6, 6.07) is 19.2. The first-order valence-corrected chi connectivity index (χ1v) is 10.4. The highest BCUT2D eigenvalue weighted by atomic mass is 35.5. The molecular formula is C24H31ClN2O. The lowest BCUT2D eigenvalue weighted by Crippen LogP contribution is -2.45. The lowest BCUT2D eigenvalue weighted by molar-refractivity contribution is 0.0704. The molecule has 2 aliphatic rings. The molecule has 0 radical (unpaired) electrons. The van der Waals surface area contributed by atoms with Crippen molar-refractivity contribution in [3.8, 4) is 0 Å². The Balaban J connectivity index is 0.00000225. The fraction of sp³-hybridized carbons (Fsp3) is 0.458. The highest BCUT2D eigenvalue weighted by Gasteiger charge is 2.27. The smallest absolute Gasteiger partial charge is 0.254 e. The number of hydrogen-bond acceptors (Lipinski definition) is 2. The summed E-state index contributed by atoms with van der Waals surface area (Å²) in [4.78, 5) is 15.2. The number of carbonyl (C=O) groups excluding carboxylic acids is 1. The largest absolute Gasteiger partial charge is 0.339 e. The van der Waals surface area contributed by atoms with Crippen molar-refractivity contribution in [2.75, 3.05) is 19.6 Å². The van der Waals surface area contributed by atoms with Crippen molar-refractivity contribution >= 4 is 18.3 Å². The molecular weight excluding hydrogens is 368 g/mol. The number of hydrogen-bond donors (Lipinski definition) is 1. The van der Waals surface area contributed by atoms with Gasteiger partial charge in [0, 0.05) is 24.7 Å². The number of piperidine rings is 1. The number of amides is 1. The quantitative estimate of drug-likeness (QED) is 0.744. The van der Waals surface area contributed by atoms with E-state index in [2.05, 4.69) is 40.5 Å². The second-order valence-electron chi connectivity index (χ2n) is 8.06. The van der Waals surface area contributed by atoms with Gasteiger partial charge in [0.25, 0.3) is 5.91 Å². The van der Waals surface area contributed by atoms with Gasteiger partial charge in [0.15, 0.2) is 0 Å². The normalized spacial score (nSPS) is 17.2. The van der Waals surface area contributed by atoms with Crippen LogP contribution < -0.4 is 5.32 Å². The summed E-state index contributed by atoms with van der Waals surface area (Å²) in [5, 5.41) is 3.69. The number of carbonyl (C=O) groups is 1. The molecule has 4 heteroatoms. The summed E-state index contributed by atoms with van der Waals surface area (Å²) in [5.41, 5.74) is 3.38. The number of aryl methyl sites for hydroxylation is 2. The van der Waals surface area contributed by atoms with Crippen molar-refractivity contribution in [3.05, 3.63) is 71.3 Å². The van der Waals surface area contributed by atoms with Gasteiger partial charge in [-0.25, -0.2) is 0 Å². The SMILES string of the molecule is Cl.O=C(c1ccccc1CCc1ccccc1)N1CCC(NCC2CC2)CC1. The zero-order valence-electron chi connectivity index (χ0n) is 16.5. The molecule has 4 rings (SSSR count). The Morgan fingerprint density at radius 1 is 0.893 bits per heavy atom. The van der Waals surface area contributed by atoms with Gasteiger partial charge in [0.1, 0.15) is 0 Å². The Hall–Kier alpha value is -1.84. The number of benzene rings is 2. The number of nitrogens with zero attached hydrogens (tertiary/aromatic N) is 1. The van der Waals surface area contributed by atoms with Crippen molar-refractivity contribution in [1.82, 2.24) is 10.2 Å². The Morgan fingerprint density at radius 3 is 2.29 bits per heavy atom. The summed E-state index contributed by atoms with van der Waals surface area (Å²) in [5.74, 6) is 1.13. The van der Waals surface area contributed by atoms with Crippen molar-refractivity contribution in [2.24, 2.45) is 5.92 Å². The maximum atomic E-state index is 13.1. The highest BCUT2D eigenvalue weighted by molar-refractivity contribution is 5.95. The highest BCUT2D eigenvalue weighted by Crippen LogP contribution is 2.28. The van der Waals surface area contributed by atoms with E-state index in [0.29, 0.717) is 6.04 Å². The molecule has 0 aromatic heterocycles. The Morgan fingerprint density at radius 2 is 1.57 bits per heavy atom. The number of likely N-dealkylation sites (tertiary alicyclic amines) is 1. The molecule has 1 aliphatic heterocycles. The van der Waals surface area contributed by atoms with Gasteiger partial charge in [-0.2, -0.15) is 0 Å². The molecule has 3 nitrogen and oxygen atoms in total. The third-order valence-corrected chi connectivity index (χ3v) is 5.95. The van der Waals surface area contributed by atoms with Crippen molar-refractivity contribution in [2.45, 2.75) is 44.6 Å². The first kappa shape index (κ1) is 20.9. The molecule has 0 unspecified atom stereocenters. The minimum absolute atomic E-state index is 0. The zero-order valence-corrected chi connectivity index (χ0v) is 17.3. The van der Waals surface area contributed by atoms with Gasteiger partial charge in [0.05, 0.1) is 0 Å². The summed E-state index contributed by atoms with van der Waals surface area (Å²) in [7, 11) is 0. The van der Waals surface area contributed by atoms with Gasteiger partial charge in [-0.05, 0) is 68.2 Å². The number of rotatable bonds is 7. The van der Waals surface area contributed by atoms with E-state index in [0.717, 1.165) is 50.3 Å². The molecule has 1 heterocycles. The molecule has 1 N–H and O–H groups in total. The molecule has 1 amide bonds. The molecule has 2 fully saturated rings. The van der Waals surface area contributed by atoms with Crippen LogP contribution in [0.2, 0.25) is 0 Å². The molecule has 150 valence electrons. The van der Waals surface area contributed by atoms with Crippen LogP contribution in [0.4, 0.5) is 0 Å². The number of halogens is 1. The predicted molar refractivity (Wildman–Crippen MR) is 117 cm³/mol. The van der Waals surface area contributed by atoms with Crippen LogP contribution in [-0.2, 0) is 12.8 Å². The standard InChI is InChI=1S/C24H30N2O.ClH/c27-24(26-16-14-22(15-17-26)25-18-20-10-11-20)23-9-5-4-8-21(23)13-12-19-6-2-1-3-7-19;/h1-9,20,22,25H,10-18H2;1H. The van der Waals surface area contributed by atoms with Crippen molar-refractivity contribution in [1.29, 1.82) is 0 Å². The van der Waals surface area contributed by atoms with E-state index >= 15 is 0 Å². The second-order valence-corrected chi connectivity index (χ2v) is 8.06. The van der Waals surface area contributed by atoms with E-state index < -0.39 is 0 Å². The summed E-state index contributed by atoms with van der Waals surface area (Å²) in [6.07, 6.45) is 6.81. The van der Waals surface area contributed by atoms with Gasteiger partial charge in [-0.1, -0.05) is 48.5 Å². The average molecular weight is 399 g/mol. The van der Waals surface area contributed by atoms with Gasteiger partial charge >= 0.3 is 0 Å². The van der Waals surface area contributed by atoms with Crippen LogP contribution in [0.3, 0.4) is 0 Å². The molecule has 2 aromatic rings. The summed E-state index contributed by atoms with van der Waals surface area (Å²) >= 11 is 0. The van der Waals surface area contributed by atoms with Crippen LogP contribution in [0.15, 0.2) is 54.6 Å². The van der Waals surface area contributed by atoms with Gasteiger partial charge in [-0.3, -0.25) is 4.79 Å². The average Bonchev–Trinajstić information content (AvgIpc) is 3.56. The van der Waals surface area contributed by atoms with E-state index in [9.17, 15) is 4.79 Å². The summed E-state index contributed by atoms with van der Waals surface area (Å²) < 4.78 is 0. The van der Waals surface area contributed by atoms with Crippen LogP contribution in [-0.4, -0.2) is 36.5 Å². The third kappa shape index (κ3) is 5.59. The van der Waals surface area contributed by atoms with Crippen LogP contribution >= 0.6 is 12.4 Å². The Kier molecular flexibility index (Phi) is 7.52. The third-order valence-electron chi connectivity index (χ3n) is 5.95. The topological polar surface area (TPSA) is 32.3 Å². The first-order valence-electron chi connectivity index (χ1n) is 10.4. The van der Waals surface area contributed by atoms with Crippen molar-refractivity contribution in [3.63, 3.8) is 0 Å². The van der Waals surface area contributed by atoms with Gasteiger partial charge in [-0.15, -0.1) is 12.4 Å². The first-order chi connectivity index (χ1) is 13.3. The zero-order chi connectivity index (χ0) is 18.5. The van der Waals surface area contributed by atoms with Crippen molar-refractivity contribution < 1.29 is 4.79 Å². The minimum atomic E-state index is 0. The Bertz CT molecular complexity index is 752. The van der Waals surface area contributed by atoms with Crippen LogP contribution in [0, 0.1) is 5.92 Å². The predicted octanol–water partition coefficient (Wildman–Crippen LogP) is 4.50. The fourth-order valence-corrected chi connectivity index (χ4v) is 3.98. The molecule has 0 atom stereocenters. The van der Waals surface area contributed by atoms with E-state index in [1.54, 1.807) is 0 Å². The summed E-state index contributed by atoms with van der Waals surface area (Å²) in [6.45, 7) is 2.91. The molecule has 2 aromatic carbocycles. The van der Waals surface area contributed by atoms with E-state index in [1.165, 1.54) is 30.5 Å². The second kappa shape index (κ2) is 10.1. The van der Waals surface area contributed by atoms with Crippen LogP contribution in [0.5, 0.6) is 0 Å². The molecule has 1 saturated heterocycles. The molecule has 1 aliphatic carbocycles. The van der Waals surface area contributed by atoms with Crippen LogP contribution in [0.25, 0.3) is 0 Å². The van der Waals surface area contributed by atoms with Gasteiger partial charge < -0.3 is 10.2 Å². The minimum Gasteiger partial charge on any atom is -0.339 e. The van der Waals surface area contributed by atoms with E-state index in [1.807, 2.05) is 24.3 Å². The Labute approximate surface area is 174 Å². The molecule has 1 saturated carbocycles. The van der Waals surface area contributed by atoms with E-state index in [-0.39, 0.29) is 18.3 Å².